The van der Waals surface area contributed by atoms with Gasteiger partial charge in [0, 0.05) is 12.0 Å². The lowest BCUT2D eigenvalue weighted by Gasteiger charge is -2.19. The summed E-state index contributed by atoms with van der Waals surface area (Å²) in [4.78, 5) is 3.98. The summed E-state index contributed by atoms with van der Waals surface area (Å²) in [5.41, 5.74) is 2.49. The van der Waals surface area contributed by atoms with Gasteiger partial charge in [0.25, 0.3) is 0 Å². The molecular weight excluding hydrogens is 373 g/mol. The van der Waals surface area contributed by atoms with Gasteiger partial charge in [0.1, 0.15) is 30.2 Å². The van der Waals surface area contributed by atoms with Gasteiger partial charge in [-0.15, -0.1) is 0 Å². The molecule has 7 heteroatoms. The smallest absolute Gasteiger partial charge is 0.165 e. The Hall–Kier alpha value is -3.19. The third-order valence-electron chi connectivity index (χ3n) is 4.83. The number of aliphatic hydroxyl groups excluding tert-OH is 1. The van der Waals surface area contributed by atoms with Crippen molar-refractivity contribution in [2.45, 2.75) is 32.0 Å². The molecule has 1 aliphatic heterocycles. The zero-order valence-corrected chi connectivity index (χ0v) is 16.5. The van der Waals surface area contributed by atoms with Crippen LogP contribution in [0.4, 0.5) is 4.39 Å². The van der Waals surface area contributed by atoms with E-state index in [4.69, 9.17) is 9.47 Å². The molecule has 0 amide bonds. The molecule has 1 N–H and O–H groups in total. The number of aliphatic hydroxyl groups is 1. The second kappa shape index (κ2) is 7.33. The molecule has 3 aromatic rings. The van der Waals surface area contributed by atoms with Gasteiger partial charge < -0.3 is 14.6 Å². The molecule has 0 aliphatic carbocycles. The zero-order chi connectivity index (χ0) is 20.6. The summed E-state index contributed by atoms with van der Waals surface area (Å²) in [6.45, 7) is 4.02. The van der Waals surface area contributed by atoms with Crippen molar-refractivity contribution < 1.29 is 19.0 Å². The van der Waals surface area contributed by atoms with Gasteiger partial charge >= 0.3 is 0 Å². The first-order chi connectivity index (χ1) is 13.9. The summed E-state index contributed by atoms with van der Waals surface area (Å²) < 4.78 is 26.3. The van der Waals surface area contributed by atoms with Crippen LogP contribution in [0.15, 0.2) is 49.1 Å². The van der Waals surface area contributed by atoms with Crippen molar-refractivity contribution in [3.8, 4) is 11.5 Å². The Balaban J connectivity index is 1.78. The topological polar surface area (TPSA) is 69.4 Å². The standard InChI is InChI=1S/C22H22FN3O3/c1-22(2)11-16-9-15(10-19(28-3)21(16)29-22)20(27)18(26-13-24-12-25-26)8-14-4-6-17(23)7-5-14/h4-10,12-13,20,27H,11H2,1-3H3. The number of halogens is 1. The molecule has 150 valence electrons. The third kappa shape index (κ3) is 3.86. The lowest BCUT2D eigenvalue weighted by molar-refractivity contribution is 0.134. The van der Waals surface area contributed by atoms with Crippen molar-refractivity contribution in [3.05, 3.63) is 71.6 Å². The summed E-state index contributed by atoms with van der Waals surface area (Å²) in [6.07, 6.45) is 4.35. The Kier molecular flexibility index (Phi) is 4.84. The van der Waals surface area contributed by atoms with Crippen LogP contribution in [0.5, 0.6) is 11.5 Å². The number of methoxy groups -OCH3 is 1. The van der Waals surface area contributed by atoms with Crippen LogP contribution in [0.1, 0.15) is 36.6 Å². The number of aromatic nitrogens is 3. The van der Waals surface area contributed by atoms with Gasteiger partial charge in [0.2, 0.25) is 0 Å². The van der Waals surface area contributed by atoms with Crippen LogP contribution in [0.3, 0.4) is 0 Å². The van der Waals surface area contributed by atoms with Crippen molar-refractivity contribution in [2.24, 2.45) is 0 Å². The van der Waals surface area contributed by atoms with E-state index in [0.29, 0.717) is 29.2 Å². The van der Waals surface area contributed by atoms with E-state index >= 15 is 0 Å². The largest absolute Gasteiger partial charge is 0.493 e. The molecule has 0 spiro atoms. The van der Waals surface area contributed by atoms with E-state index in [9.17, 15) is 9.50 Å². The summed E-state index contributed by atoms with van der Waals surface area (Å²) in [7, 11) is 1.58. The molecule has 1 unspecified atom stereocenters. The van der Waals surface area contributed by atoms with Crippen LogP contribution in [0.2, 0.25) is 0 Å². The van der Waals surface area contributed by atoms with Crippen LogP contribution in [0.25, 0.3) is 11.8 Å². The SMILES string of the molecule is COc1cc(C(O)C(=Cc2ccc(F)cc2)n2cncn2)cc2c1OC(C)(C)C2. The van der Waals surface area contributed by atoms with E-state index in [2.05, 4.69) is 10.1 Å². The van der Waals surface area contributed by atoms with Crippen LogP contribution in [-0.4, -0.2) is 32.6 Å². The molecule has 0 saturated heterocycles. The van der Waals surface area contributed by atoms with E-state index in [-0.39, 0.29) is 11.4 Å². The maximum absolute atomic E-state index is 13.3. The molecule has 0 radical (unpaired) electrons. The summed E-state index contributed by atoms with van der Waals surface area (Å²) in [6, 6.07) is 9.70. The molecule has 1 atom stereocenters. The molecule has 2 heterocycles. The Morgan fingerprint density at radius 3 is 2.72 bits per heavy atom. The second-order valence-electron chi connectivity index (χ2n) is 7.61. The van der Waals surface area contributed by atoms with Crippen molar-refractivity contribution in [1.29, 1.82) is 0 Å². The van der Waals surface area contributed by atoms with Crippen molar-refractivity contribution in [2.75, 3.05) is 7.11 Å². The molecule has 29 heavy (non-hydrogen) atoms. The van der Waals surface area contributed by atoms with Crippen LogP contribution in [-0.2, 0) is 6.42 Å². The third-order valence-corrected chi connectivity index (χ3v) is 4.83. The first-order valence-electron chi connectivity index (χ1n) is 9.26. The number of rotatable bonds is 5. The van der Waals surface area contributed by atoms with Gasteiger partial charge in [-0.3, -0.25) is 0 Å². The summed E-state index contributed by atoms with van der Waals surface area (Å²) in [5, 5.41) is 15.4. The fraction of sp³-hybridized carbons (Fsp3) is 0.273. The van der Waals surface area contributed by atoms with E-state index in [1.165, 1.54) is 29.5 Å². The van der Waals surface area contributed by atoms with Crippen LogP contribution in [0, 0.1) is 5.82 Å². The average molecular weight is 395 g/mol. The van der Waals surface area contributed by atoms with E-state index < -0.39 is 6.10 Å². The molecule has 1 aliphatic rings. The predicted molar refractivity (Wildman–Crippen MR) is 107 cm³/mol. The first kappa shape index (κ1) is 19.1. The molecular formula is C22H22FN3O3. The zero-order valence-electron chi connectivity index (χ0n) is 16.5. The highest BCUT2D eigenvalue weighted by molar-refractivity contribution is 5.74. The fourth-order valence-corrected chi connectivity index (χ4v) is 3.52. The van der Waals surface area contributed by atoms with Crippen molar-refractivity contribution in [3.63, 3.8) is 0 Å². The molecule has 0 fully saturated rings. The molecule has 1 aromatic heterocycles. The highest BCUT2D eigenvalue weighted by Gasteiger charge is 2.34. The highest BCUT2D eigenvalue weighted by atomic mass is 19.1. The van der Waals surface area contributed by atoms with Gasteiger partial charge in [-0.1, -0.05) is 12.1 Å². The van der Waals surface area contributed by atoms with E-state index in [1.807, 2.05) is 19.9 Å². The molecule has 2 aromatic carbocycles. The van der Waals surface area contributed by atoms with E-state index in [1.54, 1.807) is 31.4 Å². The molecule has 6 nitrogen and oxygen atoms in total. The number of fused-ring (bicyclic) bond motifs is 1. The lowest BCUT2D eigenvalue weighted by Crippen LogP contribution is -2.24. The highest BCUT2D eigenvalue weighted by Crippen LogP contribution is 2.44. The van der Waals surface area contributed by atoms with Gasteiger partial charge in [0.15, 0.2) is 11.5 Å². The van der Waals surface area contributed by atoms with Crippen LogP contribution >= 0.6 is 0 Å². The second-order valence-corrected chi connectivity index (χ2v) is 7.61. The predicted octanol–water partition coefficient (Wildman–Crippen LogP) is 3.87. The summed E-state index contributed by atoms with van der Waals surface area (Å²) >= 11 is 0. The van der Waals surface area contributed by atoms with E-state index in [0.717, 1.165) is 11.1 Å². The Labute approximate surface area is 168 Å². The minimum atomic E-state index is -1.01. The van der Waals surface area contributed by atoms with Gasteiger partial charge in [-0.25, -0.2) is 14.1 Å². The van der Waals surface area contributed by atoms with Crippen molar-refractivity contribution >= 4 is 11.8 Å². The van der Waals surface area contributed by atoms with Crippen LogP contribution < -0.4 is 9.47 Å². The fourth-order valence-electron chi connectivity index (χ4n) is 3.52. The first-order valence-corrected chi connectivity index (χ1v) is 9.26. The average Bonchev–Trinajstić information content (AvgIpc) is 3.32. The lowest BCUT2D eigenvalue weighted by atomic mass is 9.97. The maximum atomic E-state index is 13.3. The number of hydrogen-bond donors (Lipinski definition) is 1. The van der Waals surface area contributed by atoms with Gasteiger partial charge in [-0.2, -0.15) is 5.10 Å². The quantitative estimate of drug-likeness (QED) is 0.710. The monoisotopic (exact) mass is 395 g/mol. The number of benzene rings is 2. The number of nitrogens with zero attached hydrogens (tertiary/aromatic N) is 3. The molecule has 0 saturated carbocycles. The minimum Gasteiger partial charge on any atom is -0.493 e. The Morgan fingerprint density at radius 1 is 1.31 bits per heavy atom. The van der Waals surface area contributed by atoms with Gasteiger partial charge in [0.05, 0.1) is 12.8 Å². The number of hydrogen-bond acceptors (Lipinski definition) is 5. The molecule has 4 rings (SSSR count). The number of ether oxygens (including phenoxy) is 2. The normalized spacial score (nSPS) is 16.2. The van der Waals surface area contributed by atoms with Gasteiger partial charge in [-0.05, 0) is 55.3 Å². The summed E-state index contributed by atoms with van der Waals surface area (Å²) in [5.74, 6) is 0.955. The molecule has 0 bridgehead atoms. The Bertz CT molecular complexity index is 1040. The Morgan fingerprint density at radius 2 is 2.07 bits per heavy atom. The maximum Gasteiger partial charge on any atom is 0.165 e. The van der Waals surface area contributed by atoms with Crippen molar-refractivity contribution in [1.82, 2.24) is 14.8 Å². The minimum absolute atomic E-state index is 0.323.